The minimum Gasteiger partial charge on any atom is -0.446 e. The Balaban J connectivity index is 1.46. The van der Waals surface area contributed by atoms with Gasteiger partial charge in [-0.1, -0.05) is 38.4 Å². The number of amides is 2. The highest BCUT2D eigenvalue weighted by molar-refractivity contribution is 6.30. The molecule has 0 atom stereocenters. The average molecular weight is 500 g/mol. The molecule has 0 spiro atoms. The first-order chi connectivity index (χ1) is 16.5. The molecule has 0 unspecified atom stereocenters. The molecule has 3 rings (SSSR count). The van der Waals surface area contributed by atoms with Crippen LogP contribution in [0.25, 0.3) is 0 Å². The molecule has 1 fully saturated rings. The van der Waals surface area contributed by atoms with Gasteiger partial charge in [0.2, 0.25) is 0 Å². The molecule has 1 N–H and O–H groups in total. The molecule has 0 aromatic heterocycles. The Morgan fingerprint density at radius 3 is 2.37 bits per heavy atom. The zero-order valence-corrected chi connectivity index (χ0v) is 22.3. The van der Waals surface area contributed by atoms with Crippen LogP contribution in [0.2, 0.25) is 5.02 Å². The Morgan fingerprint density at radius 2 is 1.77 bits per heavy atom. The molecule has 1 heterocycles. The molecule has 0 aliphatic carbocycles. The number of ether oxygens (including phenoxy) is 1. The van der Waals surface area contributed by atoms with Crippen LogP contribution in [0.1, 0.15) is 61.5 Å². The van der Waals surface area contributed by atoms with E-state index in [1.807, 2.05) is 31.2 Å². The Hall–Kier alpha value is -2.57. The summed E-state index contributed by atoms with van der Waals surface area (Å²) in [6.45, 7) is 12.1. The summed E-state index contributed by atoms with van der Waals surface area (Å²) in [4.78, 5) is 29.3. The summed E-state index contributed by atoms with van der Waals surface area (Å²) in [5.41, 5.74) is 3.58. The van der Waals surface area contributed by atoms with Gasteiger partial charge in [-0.3, -0.25) is 4.79 Å². The molecule has 7 heteroatoms. The number of likely N-dealkylation sites (tertiary alicyclic amines) is 1. The molecule has 0 radical (unpaired) electrons. The molecule has 2 amide bonds. The fourth-order valence-electron chi connectivity index (χ4n) is 4.11. The van der Waals surface area contributed by atoms with E-state index >= 15 is 0 Å². The summed E-state index contributed by atoms with van der Waals surface area (Å²) in [6, 6.07) is 12.7. The number of piperidine rings is 1. The highest BCUT2D eigenvalue weighted by Gasteiger charge is 2.23. The number of carbonyl (C=O) groups excluding carboxylic acids is 2. The van der Waals surface area contributed by atoms with Gasteiger partial charge in [-0.25, -0.2) is 4.79 Å². The van der Waals surface area contributed by atoms with Gasteiger partial charge >= 0.3 is 6.09 Å². The smallest absolute Gasteiger partial charge is 0.407 e. The van der Waals surface area contributed by atoms with Crippen molar-refractivity contribution in [2.75, 3.05) is 31.6 Å². The molecule has 1 aliphatic rings. The van der Waals surface area contributed by atoms with Crippen LogP contribution in [-0.4, -0.2) is 49.7 Å². The van der Waals surface area contributed by atoms with Crippen LogP contribution >= 0.6 is 11.6 Å². The van der Waals surface area contributed by atoms with Crippen molar-refractivity contribution in [3.05, 3.63) is 64.2 Å². The number of benzene rings is 2. The van der Waals surface area contributed by atoms with E-state index in [2.05, 4.69) is 31.0 Å². The third-order valence-electron chi connectivity index (χ3n) is 6.52. The Kier molecular flexibility index (Phi) is 9.20. The second kappa shape index (κ2) is 11.9. The van der Waals surface area contributed by atoms with Crippen molar-refractivity contribution in [2.45, 2.75) is 59.6 Å². The molecular formula is C28H38ClN3O3. The van der Waals surface area contributed by atoms with Crippen LogP contribution < -0.4 is 10.2 Å². The summed E-state index contributed by atoms with van der Waals surface area (Å²) in [5, 5.41) is 3.49. The predicted molar refractivity (Wildman–Crippen MR) is 142 cm³/mol. The summed E-state index contributed by atoms with van der Waals surface area (Å²) >= 11 is 5.94. The monoisotopic (exact) mass is 499 g/mol. The second-order valence-electron chi connectivity index (χ2n) is 10.6. The van der Waals surface area contributed by atoms with Crippen molar-refractivity contribution in [2.24, 2.45) is 5.41 Å². The lowest BCUT2D eigenvalue weighted by molar-refractivity contribution is 0.0479. The maximum atomic E-state index is 12.9. The standard InChI is InChI=1S/C28H38ClN3O3/c1-20-18-21(26(33)31(5)24-10-8-23(29)9-11-24)6-7-22(20)19-30-27(34)35-25-12-15-32(16-13-25)17-14-28(2,3)4/h6-11,18,25H,12-17,19H2,1-5H3,(H,30,34). The third-order valence-corrected chi connectivity index (χ3v) is 6.77. The van der Waals surface area contributed by atoms with Crippen molar-refractivity contribution < 1.29 is 14.3 Å². The number of nitrogens with zero attached hydrogens (tertiary/aromatic N) is 2. The molecule has 1 saturated heterocycles. The zero-order chi connectivity index (χ0) is 25.6. The minimum atomic E-state index is -0.389. The third kappa shape index (κ3) is 8.25. The molecular weight excluding hydrogens is 462 g/mol. The first-order valence-corrected chi connectivity index (χ1v) is 12.7. The lowest BCUT2D eigenvalue weighted by Crippen LogP contribution is -2.40. The summed E-state index contributed by atoms with van der Waals surface area (Å²) in [5.74, 6) is -0.108. The van der Waals surface area contributed by atoms with Gasteiger partial charge in [0.15, 0.2) is 0 Å². The Morgan fingerprint density at radius 1 is 1.11 bits per heavy atom. The van der Waals surface area contributed by atoms with E-state index in [0.29, 0.717) is 22.5 Å². The SMILES string of the molecule is Cc1cc(C(=O)N(C)c2ccc(Cl)cc2)ccc1CNC(=O)OC1CCN(CCC(C)(C)C)CC1. The van der Waals surface area contributed by atoms with E-state index in [9.17, 15) is 9.59 Å². The molecule has 2 aromatic rings. The van der Waals surface area contributed by atoms with E-state index < -0.39 is 0 Å². The van der Waals surface area contributed by atoms with Gasteiger partial charge in [-0.05, 0) is 85.7 Å². The van der Waals surface area contributed by atoms with Gasteiger partial charge in [-0.2, -0.15) is 0 Å². The van der Waals surface area contributed by atoms with Crippen LogP contribution in [0.3, 0.4) is 0 Å². The lowest BCUT2D eigenvalue weighted by Gasteiger charge is -2.33. The minimum absolute atomic E-state index is 0.0367. The van der Waals surface area contributed by atoms with Crippen LogP contribution in [-0.2, 0) is 11.3 Å². The fourth-order valence-corrected chi connectivity index (χ4v) is 4.23. The fraction of sp³-hybridized carbons (Fsp3) is 0.500. The van der Waals surface area contributed by atoms with E-state index in [1.165, 1.54) is 6.42 Å². The number of hydrogen-bond acceptors (Lipinski definition) is 4. The first-order valence-electron chi connectivity index (χ1n) is 12.3. The van der Waals surface area contributed by atoms with E-state index in [-0.39, 0.29) is 18.1 Å². The molecule has 35 heavy (non-hydrogen) atoms. The van der Waals surface area contributed by atoms with Crippen molar-refractivity contribution in [3.63, 3.8) is 0 Å². The highest BCUT2D eigenvalue weighted by atomic mass is 35.5. The predicted octanol–water partition coefficient (Wildman–Crippen LogP) is 6.05. The summed E-state index contributed by atoms with van der Waals surface area (Å²) in [6.07, 6.45) is 2.48. The number of alkyl carbamates (subject to hydrolysis) is 1. The quantitative estimate of drug-likeness (QED) is 0.503. The second-order valence-corrected chi connectivity index (χ2v) is 11.0. The van der Waals surface area contributed by atoms with Crippen LogP contribution in [0.15, 0.2) is 42.5 Å². The molecule has 190 valence electrons. The first kappa shape index (κ1) is 27.0. The number of nitrogens with one attached hydrogen (secondary N) is 1. The summed E-state index contributed by atoms with van der Waals surface area (Å²) < 4.78 is 5.65. The number of anilines is 1. The maximum absolute atomic E-state index is 12.9. The maximum Gasteiger partial charge on any atom is 0.407 e. The number of aryl methyl sites for hydroxylation is 1. The number of hydrogen-bond donors (Lipinski definition) is 1. The van der Waals surface area contributed by atoms with Crippen molar-refractivity contribution in [3.8, 4) is 0 Å². The molecule has 1 aliphatic heterocycles. The number of carbonyl (C=O) groups is 2. The Bertz CT molecular complexity index is 1010. The van der Waals surface area contributed by atoms with Gasteiger partial charge in [0, 0.05) is 43.0 Å². The van der Waals surface area contributed by atoms with Crippen molar-refractivity contribution in [1.82, 2.24) is 10.2 Å². The number of halogens is 1. The van der Waals surface area contributed by atoms with Gasteiger partial charge in [0.25, 0.3) is 5.91 Å². The van der Waals surface area contributed by atoms with Crippen molar-refractivity contribution in [1.29, 1.82) is 0 Å². The summed E-state index contributed by atoms with van der Waals surface area (Å²) in [7, 11) is 1.74. The molecule has 0 saturated carbocycles. The zero-order valence-electron chi connectivity index (χ0n) is 21.6. The van der Waals surface area contributed by atoms with E-state index in [4.69, 9.17) is 16.3 Å². The largest absolute Gasteiger partial charge is 0.446 e. The van der Waals surface area contributed by atoms with Gasteiger partial charge in [0.05, 0.1) is 0 Å². The highest BCUT2D eigenvalue weighted by Crippen LogP contribution is 2.22. The van der Waals surface area contributed by atoms with Gasteiger partial charge < -0.3 is 19.9 Å². The van der Waals surface area contributed by atoms with E-state index in [0.717, 1.165) is 49.3 Å². The normalized spacial score (nSPS) is 15.0. The molecule has 2 aromatic carbocycles. The van der Waals surface area contributed by atoms with Crippen LogP contribution in [0.5, 0.6) is 0 Å². The average Bonchev–Trinajstić information content (AvgIpc) is 2.82. The van der Waals surface area contributed by atoms with Crippen LogP contribution in [0.4, 0.5) is 10.5 Å². The molecule has 0 bridgehead atoms. The Labute approximate surface area is 214 Å². The van der Waals surface area contributed by atoms with Crippen LogP contribution in [0, 0.1) is 12.3 Å². The lowest BCUT2D eigenvalue weighted by atomic mass is 9.91. The van der Waals surface area contributed by atoms with Gasteiger partial charge in [-0.15, -0.1) is 0 Å². The van der Waals surface area contributed by atoms with E-state index in [1.54, 1.807) is 30.1 Å². The van der Waals surface area contributed by atoms with Gasteiger partial charge in [0.1, 0.15) is 6.10 Å². The number of rotatable bonds is 7. The topological polar surface area (TPSA) is 61.9 Å². The molecule has 6 nitrogen and oxygen atoms in total. The van der Waals surface area contributed by atoms with Crippen molar-refractivity contribution >= 4 is 29.3 Å².